The van der Waals surface area contributed by atoms with Crippen molar-refractivity contribution in [1.82, 2.24) is 0 Å². The highest BCUT2D eigenvalue weighted by Crippen LogP contribution is 2.26. The average Bonchev–Trinajstić information content (AvgIpc) is 2.74. The number of hydrogen-bond acceptors (Lipinski definition) is 6. The number of hydrogen-bond donors (Lipinski definition) is 1. The molecule has 2 aromatic carbocycles. The van der Waals surface area contributed by atoms with E-state index in [4.69, 9.17) is 14.2 Å². The first-order chi connectivity index (χ1) is 14.1. The summed E-state index contributed by atoms with van der Waals surface area (Å²) in [4.78, 5) is 24.3. The average molecular weight is 396 g/mol. The van der Waals surface area contributed by atoms with E-state index < -0.39 is 36.7 Å². The topological polar surface area (TPSA) is 82.1 Å². The molecular weight excluding hydrogens is 372 g/mol. The largest absolute Gasteiger partial charge is 0.451 e. The van der Waals surface area contributed by atoms with E-state index in [1.54, 1.807) is 6.08 Å². The van der Waals surface area contributed by atoms with Gasteiger partial charge in [0.2, 0.25) is 5.78 Å². The van der Waals surface area contributed by atoms with Gasteiger partial charge in [0.1, 0.15) is 12.2 Å². The second-order valence-corrected chi connectivity index (χ2v) is 6.77. The second-order valence-electron chi connectivity index (χ2n) is 6.77. The van der Waals surface area contributed by atoms with Crippen LogP contribution in [0.5, 0.6) is 0 Å². The molecular formula is C23H24O6. The molecule has 29 heavy (non-hydrogen) atoms. The fourth-order valence-corrected chi connectivity index (χ4v) is 3.17. The zero-order chi connectivity index (χ0) is 20.6. The number of aliphatic hydroxyl groups is 1. The third-order valence-corrected chi connectivity index (χ3v) is 4.60. The minimum atomic E-state index is -1.18. The lowest BCUT2D eigenvalue weighted by molar-refractivity contribution is -0.173. The molecule has 1 aliphatic rings. The van der Waals surface area contributed by atoms with Crippen LogP contribution in [0.3, 0.4) is 0 Å². The molecule has 3 rings (SSSR count). The summed E-state index contributed by atoms with van der Waals surface area (Å²) in [5.74, 6) is -1.07. The molecule has 0 unspecified atom stereocenters. The van der Waals surface area contributed by atoms with Gasteiger partial charge in [-0.05, 0) is 17.2 Å². The summed E-state index contributed by atoms with van der Waals surface area (Å²) in [6.45, 7) is 1.28. The third kappa shape index (κ3) is 5.60. The van der Waals surface area contributed by atoms with E-state index in [0.29, 0.717) is 0 Å². The van der Waals surface area contributed by atoms with Crippen LogP contribution in [0.15, 0.2) is 72.3 Å². The molecule has 152 valence electrons. The molecule has 0 saturated heterocycles. The van der Waals surface area contributed by atoms with Gasteiger partial charge in [0.25, 0.3) is 0 Å². The molecule has 0 spiro atoms. The zero-order valence-electron chi connectivity index (χ0n) is 16.2. The van der Waals surface area contributed by atoms with Crippen LogP contribution in [-0.2, 0) is 37.0 Å². The molecule has 0 radical (unpaired) electrons. The normalized spacial score (nSPS) is 21.5. The number of carbonyl (C=O) groups is 2. The molecule has 6 heteroatoms. The Morgan fingerprint density at radius 3 is 2.00 bits per heavy atom. The number of Topliss-reactive ketones (excluding diaryl/α,β-unsaturated/α-hetero) is 1. The minimum absolute atomic E-state index is 0.147. The van der Waals surface area contributed by atoms with Gasteiger partial charge in [0, 0.05) is 12.5 Å². The Labute approximate surface area is 169 Å². The van der Waals surface area contributed by atoms with Crippen molar-refractivity contribution in [2.45, 2.75) is 38.4 Å². The van der Waals surface area contributed by atoms with Crippen molar-refractivity contribution in [3.8, 4) is 0 Å². The summed E-state index contributed by atoms with van der Waals surface area (Å²) in [5.41, 5.74) is 2.02. The maximum absolute atomic E-state index is 12.7. The highest BCUT2D eigenvalue weighted by molar-refractivity contribution is 6.01. The Morgan fingerprint density at radius 1 is 0.931 bits per heavy atom. The molecule has 0 fully saturated rings. The van der Waals surface area contributed by atoms with Gasteiger partial charge < -0.3 is 19.3 Å². The quantitative estimate of drug-likeness (QED) is 0.691. The molecule has 0 amide bonds. The number of benzene rings is 2. The number of ether oxygens (including phenoxy) is 3. The first-order valence-electron chi connectivity index (χ1n) is 9.42. The smallest absolute Gasteiger partial charge is 0.303 e. The highest BCUT2D eigenvalue weighted by Gasteiger charge is 2.43. The first kappa shape index (κ1) is 20.9. The Kier molecular flexibility index (Phi) is 7.30. The second kappa shape index (κ2) is 10.1. The van der Waals surface area contributed by atoms with Crippen molar-refractivity contribution < 1.29 is 28.9 Å². The molecule has 2 aromatic rings. The zero-order valence-corrected chi connectivity index (χ0v) is 16.2. The summed E-state index contributed by atoms with van der Waals surface area (Å²) < 4.78 is 17.3. The Bertz CT molecular complexity index is 846. The summed E-state index contributed by atoms with van der Waals surface area (Å²) in [7, 11) is 0. The van der Waals surface area contributed by atoms with E-state index in [1.807, 2.05) is 60.7 Å². The number of rotatable bonds is 8. The first-order valence-corrected chi connectivity index (χ1v) is 9.42. The lowest BCUT2D eigenvalue weighted by Crippen LogP contribution is -2.51. The molecule has 1 N–H and O–H groups in total. The van der Waals surface area contributed by atoms with Crippen LogP contribution in [0.2, 0.25) is 0 Å². The molecule has 0 heterocycles. The van der Waals surface area contributed by atoms with Gasteiger partial charge in [-0.2, -0.15) is 0 Å². The fourth-order valence-electron chi connectivity index (χ4n) is 3.17. The standard InChI is InChI=1S/C23H24O6/c1-16(25)29-23-21(26)19(13-24)12-20(27-14-17-8-4-2-5-9-17)22(23)28-15-18-10-6-3-7-11-18/h2-12,20,22-24H,13-15H2,1H3/t20-,22+,23+/m0/s1. The summed E-state index contributed by atoms with van der Waals surface area (Å²) in [6, 6.07) is 19.1. The predicted octanol–water partition coefficient (Wildman–Crippen LogP) is 2.59. The van der Waals surface area contributed by atoms with Crippen LogP contribution in [0.4, 0.5) is 0 Å². The van der Waals surface area contributed by atoms with E-state index in [2.05, 4.69) is 0 Å². The van der Waals surface area contributed by atoms with Crippen molar-refractivity contribution in [3.63, 3.8) is 0 Å². The van der Waals surface area contributed by atoms with Crippen LogP contribution in [0, 0.1) is 0 Å². The van der Waals surface area contributed by atoms with Crippen molar-refractivity contribution in [2.75, 3.05) is 6.61 Å². The van der Waals surface area contributed by atoms with Crippen LogP contribution >= 0.6 is 0 Å². The Morgan fingerprint density at radius 2 is 1.48 bits per heavy atom. The van der Waals surface area contributed by atoms with Gasteiger partial charge in [-0.1, -0.05) is 60.7 Å². The highest BCUT2D eigenvalue weighted by atomic mass is 16.6. The van der Waals surface area contributed by atoms with Gasteiger partial charge >= 0.3 is 5.97 Å². The van der Waals surface area contributed by atoms with E-state index >= 15 is 0 Å². The van der Waals surface area contributed by atoms with Crippen molar-refractivity contribution in [3.05, 3.63) is 83.4 Å². The maximum atomic E-state index is 12.7. The van der Waals surface area contributed by atoms with E-state index in [9.17, 15) is 14.7 Å². The maximum Gasteiger partial charge on any atom is 0.303 e. The van der Waals surface area contributed by atoms with E-state index in [1.165, 1.54) is 6.92 Å². The molecule has 0 aliphatic heterocycles. The fraction of sp³-hybridized carbons (Fsp3) is 0.304. The van der Waals surface area contributed by atoms with Gasteiger partial charge in [0.05, 0.1) is 19.8 Å². The number of esters is 1. The van der Waals surface area contributed by atoms with Crippen LogP contribution < -0.4 is 0 Å². The molecule has 6 nitrogen and oxygen atoms in total. The summed E-state index contributed by atoms with van der Waals surface area (Å²) in [6.07, 6.45) is -1.11. The third-order valence-electron chi connectivity index (χ3n) is 4.60. The van der Waals surface area contributed by atoms with Crippen molar-refractivity contribution in [2.24, 2.45) is 0 Å². The SMILES string of the molecule is CC(=O)O[C@@H]1C(=O)C(CO)=C[C@H](OCc2ccccc2)[C@H]1OCc1ccccc1. The lowest BCUT2D eigenvalue weighted by atomic mass is 9.90. The number of aliphatic hydroxyl groups excluding tert-OH is 1. The molecule has 0 bridgehead atoms. The lowest BCUT2D eigenvalue weighted by Gasteiger charge is -2.35. The summed E-state index contributed by atoms with van der Waals surface area (Å²) in [5, 5.41) is 9.58. The number of carbonyl (C=O) groups excluding carboxylic acids is 2. The van der Waals surface area contributed by atoms with Crippen molar-refractivity contribution in [1.29, 1.82) is 0 Å². The van der Waals surface area contributed by atoms with Crippen LogP contribution in [0.1, 0.15) is 18.1 Å². The number of ketones is 1. The van der Waals surface area contributed by atoms with E-state index in [0.717, 1.165) is 11.1 Å². The van der Waals surface area contributed by atoms with E-state index in [-0.39, 0.29) is 18.8 Å². The van der Waals surface area contributed by atoms with Gasteiger partial charge in [-0.25, -0.2) is 0 Å². The Balaban J connectivity index is 1.83. The minimum Gasteiger partial charge on any atom is -0.451 e. The van der Waals surface area contributed by atoms with Crippen LogP contribution in [-0.4, -0.2) is 41.8 Å². The Hall–Kier alpha value is -2.80. The van der Waals surface area contributed by atoms with Crippen molar-refractivity contribution >= 4 is 11.8 Å². The van der Waals surface area contributed by atoms with Gasteiger partial charge in [-0.15, -0.1) is 0 Å². The molecule has 1 aliphatic carbocycles. The predicted molar refractivity (Wildman–Crippen MR) is 106 cm³/mol. The molecule has 3 atom stereocenters. The molecule has 0 aromatic heterocycles. The van der Waals surface area contributed by atoms with Gasteiger partial charge in [0.15, 0.2) is 6.10 Å². The van der Waals surface area contributed by atoms with Crippen LogP contribution in [0.25, 0.3) is 0 Å². The van der Waals surface area contributed by atoms with Gasteiger partial charge in [-0.3, -0.25) is 9.59 Å². The molecule has 0 saturated carbocycles. The monoisotopic (exact) mass is 396 g/mol. The summed E-state index contributed by atoms with van der Waals surface area (Å²) >= 11 is 0.